The third-order valence-corrected chi connectivity index (χ3v) is 3.27. The summed E-state index contributed by atoms with van der Waals surface area (Å²) in [7, 11) is 0. The third kappa shape index (κ3) is 2.01. The minimum Gasteiger partial charge on any atom is -0.467 e. The van der Waals surface area contributed by atoms with Crippen LogP contribution >= 0.6 is 11.3 Å². The number of furan rings is 1. The van der Waals surface area contributed by atoms with Gasteiger partial charge in [0.2, 0.25) is 5.95 Å². The van der Waals surface area contributed by atoms with Gasteiger partial charge in [-0.25, -0.2) is 10.8 Å². The molecule has 18 heavy (non-hydrogen) atoms. The van der Waals surface area contributed by atoms with Crippen molar-refractivity contribution in [3.05, 3.63) is 35.6 Å². The van der Waals surface area contributed by atoms with Crippen molar-refractivity contribution in [3.63, 3.8) is 0 Å². The number of nitrogen functional groups attached to an aromatic ring is 1. The average molecular weight is 261 g/mol. The van der Waals surface area contributed by atoms with Crippen LogP contribution in [0, 0.1) is 0 Å². The van der Waals surface area contributed by atoms with Crippen molar-refractivity contribution < 1.29 is 4.42 Å². The zero-order chi connectivity index (χ0) is 12.4. The molecule has 0 amide bonds. The zero-order valence-corrected chi connectivity index (χ0v) is 10.2. The van der Waals surface area contributed by atoms with Gasteiger partial charge in [0.25, 0.3) is 0 Å². The first-order chi connectivity index (χ1) is 8.86. The summed E-state index contributed by atoms with van der Waals surface area (Å²) < 4.78 is 5.26. The maximum Gasteiger partial charge on any atom is 0.240 e. The van der Waals surface area contributed by atoms with E-state index in [2.05, 4.69) is 20.7 Å². The molecule has 3 aromatic rings. The largest absolute Gasteiger partial charge is 0.467 e. The fourth-order valence-corrected chi connectivity index (χ4v) is 2.40. The average Bonchev–Trinajstić information content (AvgIpc) is 3.06. The topological polar surface area (TPSA) is 89.0 Å². The predicted octanol–water partition coefficient (Wildman–Crippen LogP) is 2.18. The van der Waals surface area contributed by atoms with Gasteiger partial charge >= 0.3 is 0 Å². The second kappa shape index (κ2) is 4.63. The Kier molecular flexibility index (Phi) is 2.83. The number of nitrogens with two attached hydrogens (primary N) is 1. The maximum atomic E-state index is 5.35. The van der Waals surface area contributed by atoms with E-state index in [0.29, 0.717) is 12.5 Å². The Morgan fingerprint density at radius 1 is 1.33 bits per heavy atom. The number of thiophene rings is 1. The molecule has 92 valence electrons. The first-order valence-electron chi connectivity index (χ1n) is 5.35. The Hall–Kier alpha value is -2.12. The normalized spacial score (nSPS) is 10.7. The molecule has 0 saturated carbocycles. The number of nitrogens with zero attached hydrogens (tertiary/aromatic N) is 2. The number of rotatable bonds is 4. The van der Waals surface area contributed by atoms with Crippen molar-refractivity contribution >= 4 is 33.3 Å². The van der Waals surface area contributed by atoms with Crippen LogP contribution in [0.3, 0.4) is 0 Å². The van der Waals surface area contributed by atoms with E-state index >= 15 is 0 Å². The van der Waals surface area contributed by atoms with Crippen LogP contribution in [0.5, 0.6) is 0 Å². The SMILES string of the molecule is NNc1nc(NCc2ccco2)c2ccsc2n1. The number of hydrogen-bond donors (Lipinski definition) is 3. The first kappa shape index (κ1) is 11.0. The van der Waals surface area contributed by atoms with Gasteiger partial charge in [0.1, 0.15) is 16.4 Å². The van der Waals surface area contributed by atoms with E-state index in [1.165, 1.54) is 0 Å². The van der Waals surface area contributed by atoms with Crippen molar-refractivity contribution in [1.82, 2.24) is 9.97 Å². The van der Waals surface area contributed by atoms with Gasteiger partial charge < -0.3 is 9.73 Å². The fraction of sp³-hybridized carbons (Fsp3) is 0.0909. The van der Waals surface area contributed by atoms with Gasteiger partial charge in [0.05, 0.1) is 18.2 Å². The third-order valence-electron chi connectivity index (χ3n) is 2.46. The number of anilines is 2. The second-order valence-corrected chi connectivity index (χ2v) is 4.51. The summed E-state index contributed by atoms with van der Waals surface area (Å²) in [5.74, 6) is 7.34. The lowest BCUT2D eigenvalue weighted by molar-refractivity contribution is 0.518. The molecular formula is C11H11N5OS. The van der Waals surface area contributed by atoms with Crippen LogP contribution in [-0.2, 0) is 6.54 Å². The Balaban J connectivity index is 1.92. The van der Waals surface area contributed by atoms with Crippen LogP contribution < -0.4 is 16.6 Å². The van der Waals surface area contributed by atoms with Crippen molar-refractivity contribution in [2.75, 3.05) is 10.7 Å². The highest BCUT2D eigenvalue weighted by Crippen LogP contribution is 2.26. The van der Waals surface area contributed by atoms with Gasteiger partial charge in [0, 0.05) is 0 Å². The molecule has 0 aliphatic carbocycles. The molecule has 0 spiro atoms. The molecule has 4 N–H and O–H groups in total. The number of nitrogens with one attached hydrogen (secondary N) is 2. The predicted molar refractivity (Wildman–Crippen MR) is 71.3 cm³/mol. The standard InChI is InChI=1S/C11H11N5OS/c12-16-11-14-9(8-3-5-18-10(8)15-11)13-6-7-2-1-4-17-7/h1-5H,6,12H2,(H2,13,14,15,16). The van der Waals surface area contributed by atoms with Gasteiger partial charge in [-0.3, -0.25) is 5.43 Å². The molecule has 0 aliphatic heterocycles. The molecule has 3 heterocycles. The van der Waals surface area contributed by atoms with Crippen molar-refractivity contribution in [3.8, 4) is 0 Å². The van der Waals surface area contributed by atoms with E-state index in [4.69, 9.17) is 10.3 Å². The molecule has 3 aromatic heterocycles. The summed E-state index contributed by atoms with van der Waals surface area (Å²) in [4.78, 5) is 9.45. The van der Waals surface area contributed by atoms with Crippen LogP contribution in [0.15, 0.2) is 34.3 Å². The van der Waals surface area contributed by atoms with Gasteiger partial charge in [-0.15, -0.1) is 11.3 Å². The van der Waals surface area contributed by atoms with E-state index in [1.54, 1.807) is 17.6 Å². The molecule has 0 aromatic carbocycles. The Morgan fingerprint density at radius 3 is 3.06 bits per heavy atom. The van der Waals surface area contributed by atoms with Crippen molar-refractivity contribution in [1.29, 1.82) is 0 Å². The summed E-state index contributed by atoms with van der Waals surface area (Å²) in [6, 6.07) is 5.73. The molecular weight excluding hydrogens is 250 g/mol. The second-order valence-electron chi connectivity index (χ2n) is 3.61. The molecule has 0 bridgehead atoms. The lowest BCUT2D eigenvalue weighted by Gasteiger charge is -2.07. The number of hydrazine groups is 1. The van der Waals surface area contributed by atoms with Gasteiger partial charge in [-0.1, -0.05) is 0 Å². The smallest absolute Gasteiger partial charge is 0.240 e. The highest BCUT2D eigenvalue weighted by atomic mass is 32.1. The van der Waals surface area contributed by atoms with E-state index in [0.717, 1.165) is 21.8 Å². The van der Waals surface area contributed by atoms with Gasteiger partial charge in [0.15, 0.2) is 0 Å². The van der Waals surface area contributed by atoms with Crippen molar-refractivity contribution in [2.45, 2.75) is 6.54 Å². The molecule has 3 rings (SSSR count). The molecule has 6 nitrogen and oxygen atoms in total. The highest BCUT2D eigenvalue weighted by Gasteiger charge is 2.08. The number of fused-ring (bicyclic) bond motifs is 1. The molecule has 0 atom stereocenters. The Bertz CT molecular complexity index is 649. The summed E-state index contributed by atoms with van der Waals surface area (Å²) in [6.45, 7) is 0.568. The fourth-order valence-electron chi connectivity index (χ4n) is 1.64. The minimum atomic E-state index is 0.395. The summed E-state index contributed by atoms with van der Waals surface area (Å²) in [5, 5.41) is 6.16. The summed E-state index contributed by atoms with van der Waals surface area (Å²) >= 11 is 1.54. The van der Waals surface area contributed by atoms with E-state index < -0.39 is 0 Å². The molecule has 0 radical (unpaired) electrons. The molecule has 0 fully saturated rings. The van der Waals surface area contributed by atoms with Crippen LogP contribution in [0.4, 0.5) is 11.8 Å². The van der Waals surface area contributed by atoms with E-state index in [1.807, 2.05) is 23.6 Å². The molecule has 0 saturated heterocycles. The lowest BCUT2D eigenvalue weighted by Crippen LogP contribution is -2.12. The van der Waals surface area contributed by atoms with Crippen molar-refractivity contribution in [2.24, 2.45) is 5.84 Å². The Morgan fingerprint density at radius 2 is 2.28 bits per heavy atom. The number of aromatic nitrogens is 2. The van der Waals surface area contributed by atoms with Crippen LogP contribution in [-0.4, -0.2) is 9.97 Å². The van der Waals surface area contributed by atoms with Crippen LogP contribution in [0.25, 0.3) is 10.2 Å². The monoisotopic (exact) mass is 261 g/mol. The van der Waals surface area contributed by atoms with Crippen LogP contribution in [0.2, 0.25) is 0 Å². The lowest BCUT2D eigenvalue weighted by atomic mass is 10.3. The first-order valence-corrected chi connectivity index (χ1v) is 6.23. The van der Waals surface area contributed by atoms with E-state index in [-0.39, 0.29) is 0 Å². The summed E-state index contributed by atoms with van der Waals surface area (Å²) in [5.41, 5.74) is 2.46. The molecule has 0 aliphatic rings. The summed E-state index contributed by atoms with van der Waals surface area (Å²) in [6.07, 6.45) is 1.64. The highest BCUT2D eigenvalue weighted by molar-refractivity contribution is 7.16. The number of hydrogen-bond acceptors (Lipinski definition) is 7. The van der Waals surface area contributed by atoms with Crippen LogP contribution in [0.1, 0.15) is 5.76 Å². The maximum absolute atomic E-state index is 5.35. The molecule has 0 unspecified atom stereocenters. The Labute approximate surface area is 107 Å². The molecule has 7 heteroatoms. The van der Waals surface area contributed by atoms with Gasteiger partial charge in [-0.2, -0.15) is 4.98 Å². The van der Waals surface area contributed by atoms with Gasteiger partial charge in [-0.05, 0) is 23.6 Å². The quantitative estimate of drug-likeness (QED) is 0.492. The van der Waals surface area contributed by atoms with E-state index in [9.17, 15) is 0 Å². The minimum absolute atomic E-state index is 0.395. The zero-order valence-electron chi connectivity index (χ0n) is 9.38.